The third-order valence-electron chi connectivity index (χ3n) is 2.58. The number of carbonyl (C=O) groups is 1. The molecule has 0 saturated carbocycles. The molecule has 1 rings (SSSR count). The lowest BCUT2D eigenvalue weighted by Gasteiger charge is -2.00. The summed E-state index contributed by atoms with van der Waals surface area (Å²) in [6.07, 6.45) is 1.58. The molecule has 0 radical (unpaired) electrons. The normalized spacial score (nSPS) is 10.6. The Morgan fingerprint density at radius 2 is 1.90 bits per heavy atom. The van der Waals surface area contributed by atoms with E-state index in [1.54, 1.807) is 19.1 Å². The first-order valence-electron chi connectivity index (χ1n) is 6.54. The van der Waals surface area contributed by atoms with E-state index < -0.39 is 10.1 Å². The van der Waals surface area contributed by atoms with E-state index in [4.69, 9.17) is 4.74 Å². The molecular weight excluding hydrogens is 292 g/mol. The predicted molar refractivity (Wildman–Crippen MR) is 78.0 cm³/mol. The van der Waals surface area contributed by atoms with Gasteiger partial charge in [-0.1, -0.05) is 11.8 Å². The minimum absolute atomic E-state index is 0.0952. The minimum atomic E-state index is -3.66. The highest BCUT2D eigenvalue weighted by Gasteiger charge is 2.11. The van der Waals surface area contributed by atoms with Gasteiger partial charge in [-0.25, -0.2) is 0 Å². The number of rotatable bonds is 6. The van der Waals surface area contributed by atoms with Crippen LogP contribution in [0.1, 0.15) is 31.7 Å². The van der Waals surface area contributed by atoms with E-state index in [0.717, 1.165) is 7.11 Å². The molecule has 0 unspecified atom stereocenters. The van der Waals surface area contributed by atoms with Crippen LogP contribution in [0.5, 0.6) is 0 Å². The van der Waals surface area contributed by atoms with Gasteiger partial charge in [0.2, 0.25) is 0 Å². The van der Waals surface area contributed by atoms with Crippen molar-refractivity contribution in [2.24, 2.45) is 0 Å². The topological polar surface area (TPSA) is 69.7 Å². The van der Waals surface area contributed by atoms with E-state index in [1.807, 2.05) is 0 Å². The molecule has 0 aliphatic heterocycles. The summed E-state index contributed by atoms with van der Waals surface area (Å²) in [6.45, 7) is 2.16. The maximum atomic E-state index is 11.4. The number of hydrogen-bond acceptors (Lipinski definition) is 5. The molecular formula is C15H18O5S. The van der Waals surface area contributed by atoms with E-state index in [1.165, 1.54) is 12.1 Å². The Morgan fingerprint density at radius 1 is 1.24 bits per heavy atom. The van der Waals surface area contributed by atoms with Crippen LogP contribution in [-0.4, -0.2) is 28.1 Å². The Balaban J connectivity index is 2.50. The second kappa shape index (κ2) is 8.45. The molecule has 0 amide bonds. The standard InChI is InChI=1S/C15H18O5S/c1-3-20-15(16)8-6-4-5-7-13-9-11-14(12-10-13)21(17,18)19-2/h9-12H,3-4,6,8H2,1-2H3. The van der Waals surface area contributed by atoms with Gasteiger partial charge in [0, 0.05) is 18.4 Å². The monoisotopic (exact) mass is 310 g/mol. The number of benzene rings is 1. The van der Waals surface area contributed by atoms with Gasteiger partial charge in [-0.3, -0.25) is 8.98 Å². The van der Waals surface area contributed by atoms with Gasteiger partial charge in [-0.05, 0) is 37.6 Å². The number of ether oxygens (including phenoxy) is 1. The SMILES string of the molecule is CCOC(=O)CCCC#Cc1ccc(S(=O)(=O)OC)cc1. The zero-order chi connectivity index (χ0) is 15.7. The van der Waals surface area contributed by atoms with E-state index in [9.17, 15) is 13.2 Å². The summed E-state index contributed by atoms with van der Waals surface area (Å²) in [7, 11) is -2.54. The lowest BCUT2D eigenvalue weighted by atomic mass is 10.2. The Kier molecular flexibility index (Phi) is 6.92. The van der Waals surface area contributed by atoms with Crippen LogP contribution in [0.3, 0.4) is 0 Å². The van der Waals surface area contributed by atoms with Crippen molar-refractivity contribution in [3.63, 3.8) is 0 Å². The van der Waals surface area contributed by atoms with E-state index >= 15 is 0 Å². The zero-order valence-corrected chi connectivity index (χ0v) is 12.9. The lowest BCUT2D eigenvalue weighted by molar-refractivity contribution is -0.143. The maximum absolute atomic E-state index is 11.4. The van der Waals surface area contributed by atoms with Crippen molar-refractivity contribution in [1.82, 2.24) is 0 Å². The van der Waals surface area contributed by atoms with E-state index in [-0.39, 0.29) is 10.9 Å². The first-order valence-corrected chi connectivity index (χ1v) is 7.95. The summed E-state index contributed by atoms with van der Waals surface area (Å²) in [5.74, 6) is 5.63. The Labute approximate surface area is 125 Å². The van der Waals surface area contributed by atoms with Crippen molar-refractivity contribution in [2.75, 3.05) is 13.7 Å². The molecule has 1 aromatic rings. The summed E-state index contributed by atoms with van der Waals surface area (Å²) >= 11 is 0. The van der Waals surface area contributed by atoms with Crippen molar-refractivity contribution < 1.29 is 22.1 Å². The Hall–Kier alpha value is -1.84. The molecule has 1 aromatic carbocycles. The molecule has 0 bridgehead atoms. The van der Waals surface area contributed by atoms with Gasteiger partial charge in [-0.15, -0.1) is 0 Å². The average Bonchev–Trinajstić information content (AvgIpc) is 2.47. The van der Waals surface area contributed by atoms with Crippen LogP contribution in [-0.2, 0) is 23.8 Å². The average molecular weight is 310 g/mol. The van der Waals surface area contributed by atoms with Crippen molar-refractivity contribution in [3.8, 4) is 11.8 Å². The van der Waals surface area contributed by atoms with Crippen LogP contribution in [0.25, 0.3) is 0 Å². The van der Waals surface area contributed by atoms with Crippen molar-refractivity contribution in [1.29, 1.82) is 0 Å². The highest BCUT2D eigenvalue weighted by Crippen LogP contribution is 2.12. The number of unbranched alkanes of at least 4 members (excludes halogenated alkanes) is 1. The van der Waals surface area contributed by atoms with Crippen LogP contribution >= 0.6 is 0 Å². The van der Waals surface area contributed by atoms with Gasteiger partial charge < -0.3 is 4.74 Å². The van der Waals surface area contributed by atoms with Gasteiger partial charge in [0.15, 0.2) is 0 Å². The van der Waals surface area contributed by atoms with Gasteiger partial charge in [0.1, 0.15) is 0 Å². The van der Waals surface area contributed by atoms with Crippen molar-refractivity contribution in [2.45, 2.75) is 31.1 Å². The van der Waals surface area contributed by atoms with E-state index in [0.29, 0.717) is 31.4 Å². The molecule has 0 aliphatic rings. The lowest BCUT2D eigenvalue weighted by Crippen LogP contribution is -2.02. The predicted octanol–water partition coefficient (Wildman–Crippen LogP) is 2.11. The fourth-order valence-corrected chi connectivity index (χ4v) is 2.18. The first kappa shape index (κ1) is 17.2. The minimum Gasteiger partial charge on any atom is -0.466 e. The molecule has 0 saturated heterocycles. The third-order valence-corrected chi connectivity index (χ3v) is 3.87. The summed E-state index contributed by atoms with van der Waals surface area (Å²) in [5.41, 5.74) is 0.709. The fourth-order valence-electron chi connectivity index (χ4n) is 1.52. The number of esters is 1. The molecule has 6 heteroatoms. The largest absolute Gasteiger partial charge is 0.466 e. The van der Waals surface area contributed by atoms with Gasteiger partial charge in [-0.2, -0.15) is 8.42 Å². The molecule has 0 spiro atoms. The Bertz CT molecular complexity index is 620. The summed E-state index contributed by atoms with van der Waals surface area (Å²) in [4.78, 5) is 11.2. The summed E-state index contributed by atoms with van der Waals surface area (Å²) in [5, 5.41) is 0. The zero-order valence-electron chi connectivity index (χ0n) is 12.1. The number of hydrogen-bond donors (Lipinski definition) is 0. The molecule has 5 nitrogen and oxygen atoms in total. The molecule has 0 aliphatic carbocycles. The molecule has 0 fully saturated rings. The van der Waals surface area contributed by atoms with Crippen LogP contribution < -0.4 is 0 Å². The van der Waals surface area contributed by atoms with Gasteiger partial charge >= 0.3 is 5.97 Å². The van der Waals surface area contributed by atoms with Crippen LogP contribution in [0, 0.1) is 11.8 Å². The maximum Gasteiger partial charge on any atom is 0.305 e. The van der Waals surface area contributed by atoms with Gasteiger partial charge in [0.05, 0.1) is 18.6 Å². The summed E-state index contributed by atoms with van der Waals surface area (Å²) < 4.78 is 32.1. The van der Waals surface area contributed by atoms with Crippen molar-refractivity contribution >= 4 is 16.1 Å². The van der Waals surface area contributed by atoms with E-state index in [2.05, 4.69) is 16.0 Å². The quantitative estimate of drug-likeness (QED) is 0.348. The molecule has 0 N–H and O–H groups in total. The smallest absolute Gasteiger partial charge is 0.305 e. The fraction of sp³-hybridized carbons (Fsp3) is 0.400. The second-order valence-electron chi connectivity index (χ2n) is 4.11. The molecule has 21 heavy (non-hydrogen) atoms. The first-order chi connectivity index (χ1) is 9.99. The highest BCUT2D eigenvalue weighted by molar-refractivity contribution is 7.86. The third kappa shape index (κ3) is 5.98. The molecule has 114 valence electrons. The molecule has 0 atom stereocenters. The van der Waals surface area contributed by atoms with Crippen LogP contribution in [0.15, 0.2) is 29.2 Å². The molecule has 0 aromatic heterocycles. The molecule has 0 heterocycles. The van der Waals surface area contributed by atoms with Gasteiger partial charge in [0.25, 0.3) is 10.1 Å². The Morgan fingerprint density at radius 3 is 2.48 bits per heavy atom. The second-order valence-corrected chi connectivity index (χ2v) is 5.82. The van der Waals surface area contributed by atoms with Crippen LogP contribution in [0.2, 0.25) is 0 Å². The van der Waals surface area contributed by atoms with Crippen LogP contribution in [0.4, 0.5) is 0 Å². The number of carbonyl (C=O) groups excluding carboxylic acids is 1. The summed E-state index contributed by atoms with van der Waals surface area (Å²) in [6, 6.07) is 6.12. The van der Waals surface area contributed by atoms with Crippen molar-refractivity contribution in [3.05, 3.63) is 29.8 Å². The highest BCUT2D eigenvalue weighted by atomic mass is 32.2.